The maximum absolute atomic E-state index is 12.4. The van der Waals surface area contributed by atoms with Gasteiger partial charge in [0.15, 0.2) is 5.82 Å². The number of aromatic nitrogens is 1. The molecular weight excluding hydrogens is 359 g/mol. The minimum absolute atomic E-state index is 0.0233. The zero-order valence-electron chi connectivity index (χ0n) is 12.9. The van der Waals surface area contributed by atoms with Gasteiger partial charge >= 0.3 is 6.36 Å². The molecule has 1 aromatic heterocycles. The van der Waals surface area contributed by atoms with Crippen LogP contribution in [0.4, 0.5) is 24.8 Å². The fourth-order valence-corrected chi connectivity index (χ4v) is 2.59. The Hall–Kier alpha value is -2.61. The lowest BCUT2D eigenvalue weighted by Gasteiger charge is -2.21. The second-order valence-electron chi connectivity index (χ2n) is 5.29. The minimum atomic E-state index is -4.80. The van der Waals surface area contributed by atoms with Crippen LogP contribution < -0.4 is 15.5 Å². The third kappa shape index (κ3) is 3.74. The van der Waals surface area contributed by atoms with Gasteiger partial charge in [-0.05, 0) is 43.3 Å². The van der Waals surface area contributed by atoms with E-state index < -0.39 is 12.1 Å². The van der Waals surface area contributed by atoms with E-state index in [4.69, 9.17) is 22.2 Å². The van der Waals surface area contributed by atoms with Crippen LogP contribution in [-0.2, 0) is 4.84 Å². The highest BCUT2D eigenvalue weighted by molar-refractivity contribution is 6.33. The molecule has 2 heterocycles. The van der Waals surface area contributed by atoms with Gasteiger partial charge < -0.3 is 15.3 Å². The van der Waals surface area contributed by atoms with Crippen LogP contribution in [0.1, 0.15) is 6.92 Å². The van der Waals surface area contributed by atoms with Crippen molar-refractivity contribution in [3.8, 4) is 16.9 Å². The van der Waals surface area contributed by atoms with Gasteiger partial charge in [-0.2, -0.15) is 5.06 Å². The van der Waals surface area contributed by atoms with Gasteiger partial charge in [-0.1, -0.05) is 11.6 Å². The van der Waals surface area contributed by atoms with E-state index >= 15 is 0 Å². The monoisotopic (exact) mass is 371 g/mol. The summed E-state index contributed by atoms with van der Waals surface area (Å²) in [6.07, 6.45) is -1.43. The molecule has 0 bridgehead atoms. The molecule has 0 radical (unpaired) electrons. The van der Waals surface area contributed by atoms with Gasteiger partial charge in [0, 0.05) is 16.1 Å². The first kappa shape index (κ1) is 17.2. The Labute approximate surface area is 146 Å². The van der Waals surface area contributed by atoms with Crippen LogP contribution in [0, 0.1) is 0 Å². The SMILES string of the molecule is CC1C=CON1c1ccc(-c2cc(OC(F)(F)F)ccc2Cl)c(N)n1. The number of hydrogen-bond donors (Lipinski definition) is 1. The molecule has 25 heavy (non-hydrogen) atoms. The predicted octanol–water partition coefficient (Wildman–Crippen LogP) is 4.54. The van der Waals surface area contributed by atoms with Crippen molar-refractivity contribution in [2.45, 2.75) is 19.3 Å². The number of nitrogen functional groups attached to an aromatic ring is 1. The van der Waals surface area contributed by atoms with Gasteiger partial charge in [0.1, 0.15) is 17.8 Å². The van der Waals surface area contributed by atoms with Crippen LogP contribution in [0.3, 0.4) is 0 Å². The smallest absolute Gasteiger partial charge is 0.406 e. The van der Waals surface area contributed by atoms with E-state index in [9.17, 15) is 13.2 Å². The number of nitrogens with zero attached hydrogens (tertiary/aromatic N) is 2. The number of halogens is 4. The van der Waals surface area contributed by atoms with Gasteiger partial charge in [0.05, 0.1) is 6.04 Å². The highest BCUT2D eigenvalue weighted by atomic mass is 35.5. The Bertz CT molecular complexity index is 827. The van der Waals surface area contributed by atoms with Crippen LogP contribution in [0.25, 0.3) is 11.1 Å². The predicted molar refractivity (Wildman–Crippen MR) is 87.9 cm³/mol. The summed E-state index contributed by atoms with van der Waals surface area (Å²) < 4.78 is 41.1. The van der Waals surface area contributed by atoms with Gasteiger partial charge in [-0.25, -0.2) is 4.98 Å². The molecule has 1 aliphatic heterocycles. The molecule has 0 aliphatic carbocycles. The maximum atomic E-state index is 12.4. The van der Waals surface area contributed by atoms with E-state index in [1.807, 2.05) is 13.0 Å². The quantitative estimate of drug-likeness (QED) is 0.858. The summed E-state index contributed by atoms with van der Waals surface area (Å²) in [5, 5.41) is 1.77. The molecular formula is C16H13ClF3N3O2. The molecule has 0 saturated carbocycles. The summed E-state index contributed by atoms with van der Waals surface area (Å²) in [7, 11) is 0. The average Bonchev–Trinajstić information content (AvgIpc) is 2.94. The number of pyridine rings is 1. The molecule has 2 aromatic rings. The van der Waals surface area contributed by atoms with Crippen LogP contribution in [0.15, 0.2) is 42.7 Å². The van der Waals surface area contributed by atoms with E-state index in [0.29, 0.717) is 11.4 Å². The molecule has 3 rings (SSSR count). The van der Waals surface area contributed by atoms with Crippen molar-refractivity contribution < 1.29 is 22.7 Å². The average molecular weight is 372 g/mol. The van der Waals surface area contributed by atoms with E-state index in [1.54, 1.807) is 17.2 Å². The third-order valence-corrected chi connectivity index (χ3v) is 3.83. The van der Waals surface area contributed by atoms with Gasteiger partial charge in [-0.3, -0.25) is 0 Å². The molecule has 0 spiro atoms. The molecule has 1 atom stereocenters. The molecule has 5 nitrogen and oxygen atoms in total. The second-order valence-corrected chi connectivity index (χ2v) is 5.70. The number of hydrogen-bond acceptors (Lipinski definition) is 5. The lowest BCUT2D eigenvalue weighted by Crippen LogP contribution is -2.26. The third-order valence-electron chi connectivity index (χ3n) is 3.50. The van der Waals surface area contributed by atoms with E-state index in [2.05, 4.69) is 9.72 Å². The lowest BCUT2D eigenvalue weighted by molar-refractivity contribution is -0.274. The molecule has 0 saturated heterocycles. The Balaban J connectivity index is 1.95. The summed E-state index contributed by atoms with van der Waals surface area (Å²) >= 11 is 6.10. The molecule has 1 unspecified atom stereocenters. The summed E-state index contributed by atoms with van der Waals surface area (Å²) in [5.41, 5.74) is 6.65. The molecule has 0 amide bonds. The van der Waals surface area contributed by atoms with E-state index in [1.165, 1.54) is 18.4 Å². The number of nitrogens with two attached hydrogens (primary N) is 1. The Morgan fingerprint density at radius 3 is 2.60 bits per heavy atom. The normalized spacial score (nSPS) is 16.8. The minimum Gasteiger partial charge on any atom is -0.406 e. The molecule has 2 N–H and O–H groups in total. The first-order valence-electron chi connectivity index (χ1n) is 7.19. The van der Waals surface area contributed by atoms with E-state index in [-0.39, 0.29) is 22.4 Å². The first-order valence-corrected chi connectivity index (χ1v) is 7.57. The standard InChI is InChI=1S/C16H13ClF3N3O2/c1-9-6-7-24-23(9)14-5-3-11(15(21)22-14)12-8-10(2-4-13(12)17)25-16(18,19)20/h2-9H,1H3,(H2,21,22). The highest BCUT2D eigenvalue weighted by Gasteiger charge is 2.31. The lowest BCUT2D eigenvalue weighted by atomic mass is 10.1. The number of hydroxylamine groups is 1. The summed E-state index contributed by atoms with van der Waals surface area (Å²) in [5.74, 6) is 0.180. The van der Waals surface area contributed by atoms with Crippen LogP contribution in [-0.4, -0.2) is 17.4 Å². The Morgan fingerprint density at radius 1 is 1.24 bits per heavy atom. The Morgan fingerprint density at radius 2 is 2.00 bits per heavy atom. The van der Waals surface area contributed by atoms with Crippen molar-refractivity contribution in [1.82, 2.24) is 4.98 Å². The molecule has 1 aromatic carbocycles. The number of anilines is 2. The highest BCUT2D eigenvalue weighted by Crippen LogP contribution is 2.37. The van der Waals surface area contributed by atoms with Crippen LogP contribution in [0.2, 0.25) is 5.02 Å². The van der Waals surface area contributed by atoms with Gasteiger partial charge in [0.2, 0.25) is 0 Å². The van der Waals surface area contributed by atoms with Gasteiger partial charge in [-0.15, -0.1) is 13.2 Å². The topological polar surface area (TPSA) is 60.6 Å². The van der Waals surface area contributed by atoms with Crippen molar-refractivity contribution in [3.63, 3.8) is 0 Å². The van der Waals surface area contributed by atoms with Crippen molar-refractivity contribution in [2.75, 3.05) is 10.8 Å². The molecule has 9 heteroatoms. The second kappa shape index (κ2) is 6.36. The summed E-state index contributed by atoms with van der Waals surface area (Å²) in [4.78, 5) is 9.56. The fourth-order valence-electron chi connectivity index (χ4n) is 2.37. The van der Waals surface area contributed by atoms with Crippen molar-refractivity contribution in [1.29, 1.82) is 0 Å². The van der Waals surface area contributed by atoms with Crippen molar-refractivity contribution in [2.24, 2.45) is 0 Å². The maximum Gasteiger partial charge on any atom is 0.573 e. The molecule has 132 valence electrons. The summed E-state index contributed by atoms with van der Waals surface area (Å²) in [6.45, 7) is 1.91. The largest absolute Gasteiger partial charge is 0.573 e. The van der Waals surface area contributed by atoms with E-state index in [0.717, 1.165) is 6.07 Å². The Kier molecular flexibility index (Phi) is 4.38. The zero-order valence-corrected chi connectivity index (χ0v) is 13.7. The number of ether oxygens (including phenoxy) is 1. The zero-order chi connectivity index (χ0) is 18.2. The van der Waals surface area contributed by atoms with Gasteiger partial charge in [0.25, 0.3) is 0 Å². The fraction of sp³-hybridized carbons (Fsp3) is 0.188. The van der Waals surface area contributed by atoms with Crippen molar-refractivity contribution >= 4 is 23.2 Å². The van der Waals surface area contributed by atoms with Crippen LogP contribution in [0.5, 0.6) is 5.75 Å². The van der Waals surface area contributed by atoms with Crippen LogP contribution >= 0.6 is 11.6 Å². The number of rotatable bonds is 3. The summed E-state index contributed by atoms with van der Waals surface area (Å²) in [6, 6.07) is 6.83. The van der Waals surface area contributed by atoms with Crippen molar-refractivity contribution in [3.05, 3.63) is 47.7 Å². The number of alkyl halides is 3. The molecule has 0 fully saturated rings. The molecule has 1 aliphatic rings. The first-order chi connectivity index (χ1) is 11.7. The number of benzene rings is 1.